The van der Waals surface area contributed by atoms with Crippen LogP contribution in [0.2, 0.25) is 0 Å². The van der Waals surface area contributed by atoms with Crippen molar-refractivity contribution in [1.82, 2.24) is 25.1 Å². The fraction of sp³-hybridized carbons (Fsp3) is 0.481. The molecule has 35 heavy (non-hydrogen) atoms. The molecule has 3 aromatic rings. The topological polar surface area (TPSA) is 91.2 Å². The Hall–Kier alpha value is -3.42. The third-order valence-electron chi connectivity index (χ3n) is 5.71. The Bertz CT molecular complexity index is 1150. The van der Waals surface area contributed by atoms with Crippen molar-refractivity contribution < 1.29 is 14.3 Å². The van der Waals surface area contributed by atoms with Gasteiger partial charge in [-0.05, 0) is 71.2 Å². The predicted molar refractivity (Wildman–Crippen MR) is 136 cm³/mol. The lowest BCUT2D eigenvalue weighted by Crippen LogP contribution is -2.28. The molecule has 2 aromatic heterocycles. The van der Waals surface area contributed by atoms with Gasteiger partial charge >= 0.3 is 0 Å². The van der Waals surface area contributed by atoms with E-state index in [0.29, 0.717) is 24.9 Å². The molecule has 0 aliphatic rings. The Morgan fingerprint density at radius 2 is 1.60 bits per heavy atom. The smallest absolute Gasteiger partial charge is 0.251 e. The highest BCUT2D eigenvalue weighted by Gasteiger charge is 2.19. The molecule has 1 aromatic carbocycles. The van der Waals surface area contributed by atoms with E-state index in [4.69, 9.17) is 9.47 Å². The first-order chi connectivity index (χ1) is 16.7. The summed E-state index contributed by atoms with van der Waals surface area (Å²) in [5, 5.41) is 7.72. The summed E-state index contributed by atoms with van der Waals surface area (Å²) in [6.07, 6.45) is 2.05. The largest absolute Gasteiger partial charge is 0.490 e. The lowest BCUT2D eigenvalue weighted by atomic mass is 10.1. The Morgan fingerprint density at radius 3 is 2.23 bits per heavy atom. The molecule has 0 spiro atoms. The molecular formula is C27H37N5O3. The number of aryl methyl sites for hydroxylation is 3. The van der Waals surface area contributed by atoms with Gasteiger partial charge in [0.2, 0.25) is 5.91 Å². The number of carbonyl (C=O) groups is 1. The molecule has 8 heteroatoms. The van der Waals surface area contributed by atoms with Gasteiger partial charge in [0.25, 0.3) is 5.95 Å². The van der Waals surface area contributed by atoms with E-state index in [9.17, 15) is 4.79 Å². The van der Waals surface area contributed by atoms with E-state index >= 15 is 0 Å². The Morgan fingerprint density at radius 1 is 0.971 bits per heavy atom. The van der Waals surface area contributed by atoms with E-state index in [1.54, 1.807) is 4.68 Å². The first-order valence-electron chi connectivity index (χ1n) is 12.3. The first-order valence-corrected chi connectivity index (χ1v) is 12.3. The van der Waals surface area contributed by atoms with Crippen LogP contribution in [0.5, 0.6) is 11.5 Å². The van der Waals surface area contributed by atoms with E-state index in [2.05, 4.69) is 34.2 Å². The number of carbonyl (C=O) groups excluding carboxylic acids is 1. The molecule has 0 aliphatic heterocycles. The molecule has 0 bridgehead atoms. The van der Waals surface area contributed by atoms with Crippen molar-refractivity contribution >= 4 is 5.91 Å². The van der Waals surface area contributed by atoms with Crippen LogP contribution in [0.15, 0.2) is 24.3 Å². The molecule has 0 saturated heterocycles. The fourth-order valence-corrected chi connectivity index (χ4v) is 3.91. The summed E-state index contributed by atoms with van der Waals surface area (Å²) >= 11 is 0. The molecule has 8 nitrogen and oxygen atoms in total. The van der Waals surface area contributed by atoms with Gasteiger partial charge in [-0.2, -0.15) is 5.10 Å². The van der Waals surface area contributed by atoms with Crippen molar-refractivity contribution in [3.63, 3.8) is 0 Å². The van der Waals surface area contributed by atoms with Crippen LogP contribution < -0.4 is 14.8 Å². The van der Waals surface area contributed by atoms with Crippen LogP contribution in [-0.2, 0) is 11.2 Å². The van der Waals surface area contributed by atoms with Gasteiger partial charge in [0.1, 0.15) is 0 Å². The van der Waals surface area contributed by atoms with Crippen molar-refractivity contribution in [3.05, 3.63) is 58.2 Å². The summed E-state index contributed by atoms with van der Waals surface area (Å²) in [4.78, 5) is 22.0. The zero-order chi connectivity index (χ0) is 25.5. The van der Waals surface area contributed by atoms with Crippen LogP contribution in [0.4, 0.5) is 0 Å². The number of ether oxygens (including phenoxy) is 2. The first kappa shape index (κ1) is 26.2. The minimum Gasteiger partial charge on any atom is -0.490 e. The summed E-state index contributed by atoms with van der Waals surface area (Å²) in [6, 6.07) is 7.58. The zero-order valence-electron chi connectivity index (χ0n) is 21.9. The second-order valence-corrected chi connectivity index (χ2v) is 8.88. The predicted octanol–water partition coefficient (Wildman–Crippen LogP) is 4.89. The van der Waals surface area contributed by atoms with Gasteiger partial charge in [-0.3, -0.25) is 4.79 Å². The van der Waals surface area contributed by atoms with Gasteiger partial charge in [-0.25, -0.2) is 14.6 Å². The zero-order valence-corrected chi connectivity index (χ0v) is 21.9. The van der Waals surface area contributed by atoms with Crippen LogP contribution >= 0.6 is 0 Å². The summed E-state index contributed by atoms with van der Waals surface area (Å²) in [5.74, 6) is 1.88. The normalized spacial score (nSPS) is 11.9. The number of nitrogens with zero attached hydrogens (tertiary/aromatic N) is 4. The lowest BCUT2D eigenvalue weighted by Gasteiger charge is -2.18. The lowest BCUT2D eigenvalue weighted by molar-refractivity contribution is -0.121. The Kier molecular flexibility index (Phi) is 8.84. The van der Waals surface area contributed by atoms with Crippen molar-refractivity contribution in [2.24, 2.45) is 0 Å². The van der Waals surface area contributed by atoms with E-state index < -0.39 is 0 Å². The molecule has 3 rings (SSSR count). The van der Waals surface area contributed by atoms with Crippen LogP contribution in [-0.4, -0.2) is 38.9 Å². The van der Waals surface area contributed by atoms with Crippen LogP contribution in [0.3, 0.4) is 0 Å². The summed E-state index contributed by atoms with van der Waals surface area (Å²) in [6.45, 7) is 15.1. The number of amides is 1. The minimum absolute atomic E-state index is 0.0769. The maximum absolute atomic E-state index is 13.0. The number of rotatable bonds is 11. The fourth-order valence-electron chi connectivity index (χ4n) is 3.91. The highest BCUT2D eigenvalue weighted by molar-refractivity contribution is 5.79. The quantitative estimate of drug-likeness (QED) is 0.421. The minimum atomic E-state index is -0.190. The molecule has 0 saturated carbocycles. The van der Waals surface area contributed by atoms with E-state index in [1.165, 1.54) is 0 Å². The highest BCUT2D eigenvalue weighted by Crippen LogP contribution is 2.31. The third kappa shape index (κ3) is 6.59. The average Bonchev–Trinajstić information content (AvgIpc) is 3.09. The molecular weight excluding hydrogens is 442 g/mol. The van der Waals surface area contributed by atoms with Gasteiger partial charge in [0.05, 0.1) is 31.4 Å². The van der Waals surface area contributed by atoms with Crippen molar-refractivity contribution in [2.75, 3.05) is 13.2 Å². The monoisotopic (exact) mass is 479 g/mol. The molecule has 1 atom stereocenters. The maximum Gasteiger partial charge on any atom is 0.251 e. The number of hydrogen-bond donors (Lipinski definition) is 1. The summed E-state index contributed by atoms with van der Waals surface area (Å²) in [5.41, 5.74) is 5.25. The molecule has 0 aliphatic carbocycles. The van der Waals surface area contributed by atoms with Crippen molar-refractivity contribution in [3.8, 4) is 17.4 Å². The van der Waals surface area contributed by atoms with Gasteiger partial charge in [-0.1, -0.05) is 19.9 Å². The molecule has 188 valence electrons. The average molecular weight is 480 g/mol. The van der Waals surface area contributed by atoms with Crippen LogP contribution in [0, 0.1) is 27.7 Å². The second-order valence-electron chi connectivity index (χ2n) is 8.88. The third-order valence-corrected chi connectivity index (χ3v) is 5.71. The van der Waals surface area contributed by atoms with Crippen LogP contribution in [0.25, 0.3) is 5.95 Å². The van der Waals surface area contributed by atoms with Gasteiger partial charge < -0.3 is 14.8 Å². The molecule has 1 unspecified atom stereocenters. The van der Waals surface area contributed by atoms with Crippen molar-refractivity contribution in [2.45, 2.75) is 73.8 Å². The molecule has 1 N–H and O–H groups in total. The molecule has 1 amide bonds. The van der Waals surface area contributed by atoms with Crippen molar-refractivity contribution in [1.29, 1.82) is 0 Å². The summed E-state index contributed by atoms with van der Waals surface area (Å²) in [7, 11) is 0. The standard InChI is InChI=1S/C27H37N5O3/c1-8-12-34-24-11-10-22(15-25(24)35-13-9-2)19(5)30-26(33)16-23-20(6)31-32(21(23)7)27-28-17(3)14-18(4)29-27/h10-11,14-15,19H,8-9,12-13,16H2,1-7H3,(H,30,33). The number of aromatic nitrogens is 4. The molecule has 0 fully saturated rings. The van der Waals surface area contributed by atoms with Gasteiger partial charge in [0.15, 0.2) is 11.5 Å². The van der Waals surface area contributed by atoms with E-state index in [1.807, 2.05) is 58.9 Å². The Balaban J connectivity index is 1.74. The van der Waals surface area contributed by atoms with E-state index in [0.717, 1.165) is 52.5 Å². The number of nitrogens with one attached hydrogen (secondary N) is 1. The van der Waals surface area contributed by atoms with E-state index in [-0.39, 0.29) is 18.4 Å². The summed E-state index contributed by atoms with van der Waals surface area (Å²) < 4.78 is 13.4. The highest BCUT2D eigenvalue weighted by atomic mass is 16.5. The van der Waals surface area contributed by atoms with Gasteiger partial charge in [-0.15, -0.1) is 0 Å². The number of hydrogen-bond acceptors (Lipinski definition) is 6. The SMILES string of the molecule is CCCOc1ccc(C(C)NC(=O)Cc2c(C)nn(-c3nc(C)cc(C)n3)c2C)cc1OCCC. The second kappa shape index (κ2) is 11.8. The number of benzene rings is 1. The van der Waals surface area contributed by atoms with Crippen LogP contribution in [0.1, 0.15) is 73.6 Å². The van der Waals surface area contributed by atoms with Gasteiger partial charge in [0, 0.05) is 22.6 Å². The molecule has 0 radical (unpaired) electrons. The maximum atomic E-state index is 13.0. The molecule has 2 heterocycles. The Labute approximate surface area is 208 Å².